The van der Waals surface area contributed by atoms with Crippen LogP contribution in [0, 0.1) is 17.1 Å². The number of hydrogen-bond donors (Lipinski definition) is 2. The first kappa shape index (κ1) is 10.9. The Morgan fingerprint density at radius 3 is 2.75 bits per heavy atom. The van der Waals surface area contributed by atoms with Gasteiger partial charge in [0.25, 0.3) is 0 Å². The minimum atomic E-state index is -0.309. The van der Waals surface area contributed by atoms with E-state index in [4.69, 9.17) is 11.1 Å². The van der Waals surface area contributed by atoms with Crippen molar-refractivity contribution in [3.8, 4) is 0 Å². The summed E-state index contributed by atoms with van der Waals surface area (Å²) in [6.45, 7) is 0.899. The van der Waals surface area contributed by atoms with Crippen LogP contribution in [-0.4, -0.2) is 19.4 Å². The second-order valence-electron chi connectivity index (χ2n) is 4.40. The number of anilines is 1. The highest BCUT2D eigenvalue weighted by atomic mass is 19.1. The van der Waals surface area contributed by atoms with Crippen LogP contribution in [0.15, 0.2) is 18.2 Å². The quantitative estimate of drug-likeness (QED) is 0.603. The Bertz CT molecular complexity index is 413. The molecule has 1 aromatic rings. The van der Waals surface area contributed by atoms with E-state index in [-0.39, 0.29) is 11.7 Å². The molecule has 1 saturated carbocycles. The van der Waals surface area contributed by atoms with Gasteiger partial charge in [0.1, 0.15) is 11.7 Å². The summed E-state index contributed by atoms with van der Waals surface area (Å²) in [7, 11) is 1.89. The fourth-order valence-corrected chi connectivity index (χ4v) is 1.77. The van der Waals surface area contributed by atoms with Crippen molar-refractivity contribution in [2.24, 2.45) is 11.7 Å². The molecule has 1 aromatic carbocycles. The number of hydrogen-bond acceptors (Lipinski definition) is 2. The van der Waals surface area contributed by atoms with Gasteiger partial charge in [0.05, 0.1) is 5.69 Å². The highest BCUT2D eigenvalue weighted by Crippen LogP contribution is 2.31. The highest BCUT2D eigenvalue weighted by molar-refractivity contribution is 5.95. The maximum Gasteiger partial charge on any atom is 0.147 e. The summed E-state index contributed by atoms with van der Waals surface area (Å²) in [5.41, 5.74) is 6.31. The largest absolute Gasteiger partial charge is 0.384 e. The van der Waals surface area contributed by atoms with Gasteiger partial charge in [-0.05, 0) is 37.0 Å². The molecule has 0 saturated heterocycles. The maximum atomic E-state index is 13.7. The molecule has 1 fully saturated rings. The second-order valence-corrected chi connectivity index (χ2v) is 4.40. The monoisotopic (exact) mass is 221 g/mol. The van der Waals surface area contributed by atoms with E-state index in [9.17, 15) is 4.39 Å². The maximum absolute atomic E-state index is 13.7. The Morgan fingerprint density at radius 2 is 2.25 bits per heavy atom. The molecule has 2 rings (SSSR count). The van der Waals surface area contributed by atoms with E-state index in [0.29, 0.717) is 11.3 Å². The van der Waals surface area contributed by atoms with E-state index >= 15 is 0 Å². The van der Waals surface area contributed by atoms with Crippen molar-refractivity contribution >= 4 is 11.5 Å². The first-order valence-corrected chi connectivity index (χ1v) is 5.43. The minimum Gasteiger partial charge on any atom is -0.384 e. The van der Waals surface area contributed by atoms with Crippen LogP contribution >= 0.6 is 0 Å². The van der Waals surface area contributed by atoms with Crippen LogP contribution in [0.2, 0.25) is 0 Å². The smallest absolute Gasteiger partial charge is 0.147 e. The summed E-state index contributed by atoms with van der Waals surface area (Å²) in [4.78, 5) is 1.93. The molecule has 16 heavy (non-hydrogen) atoms. The number of nitrogens with one attached hydrogen (secondary N) is 1. The van der Waals surface area contributed by atoms with Gasteiger partial charge in [-0.3, -0.25) is 5.41 Å². The third-order valence-electron chi connectivity index (χ3n) is 2.90. The summed E-state index contributed by atoms with van der Waals surface area (Å²) in [5, 5.41) is 7.23. The Hall–Kier alpha value is -1.58. The first-order chi connectivity index (χ1) is 7.58. The third-order valence-corrected chi connectivity index (χ3v) is 2.90. The molecule has 3 N–H and O–H groups in total. The summed E-state index contributed by atoms with van der Waals surface area (Å²) < 4.78 is 13.7. The molecule has 0 amide bonds. The summed E-state index contributed by atoms with van der Waals surface area (Å²) in [5.74, 6) is 0.308. The van der Waals surface area contributed by atoms with Crippen LogP contribution in [-0.2, 0) is 0 Å². The highest BCUT2D eigenvalue weighted by Gasteiger charge is 2.23. The Balaban J connectivity index is 2.17. The first-order valence-electron chi connectivity index (χ1n) is 5.43. The van der Waals surface area contributed by atoms with Gasteiger partial charge in [-0.1, -0.05) is 0 Å². The van der Waals surface area contributed by atoms with Gasteiger partial charge >= 0.3 is 0 Å². The van der Waals surface area contributed by atoms with Crippen molar-refractivity contribution in [1.82, 2.24) is 0 Å². The van der Waals surface area contributed by atoms with Gasteiger partial charge in [-0.25, -0.2) is 4.39 Å². The zero-order valence-corrected chi connectivity index (χ0v) is 9.33. The normalized spacial score (nSPS) is 14.9. The molecule has 4 heteroatoms. The van der Waals surface area contributed by atoms with Crippen molar-refractivity contribution in [3.05, 3.63) is 29.6 Å². The SMILES string of the molecule is CN(CC1CC1)c1ccc(C(=N)N)cc1F. The Morgan fingerprint density at radius 1 is 1.56 bits per heavy atom. The van der Waals surface area contributed by atoms with E-state index in [1.165, 1.54) is 18.9 Å². The van der Waals surface area contributed by atoms with E-state index < -0.39 is 0 Å². The van der Waals surface area contributed by atoms with Crippen LogP contribution < -0.4 is 10.6 Å². The third kappa shape index (κ3) is 2.32. The predicted octanol–water partition coefficient (Wildman–Crippen LogP) is 1.96. The van der Waals surface area contributed by atoms with Crippen LogP contribution in [0.1, 0.15) is 18.4 Å². The van der Waals surface area contributed by atoms with Crippen LogP contribution in [0.4, 0.5) is 10.1 Å². The molecule has 1 aliphatic rings. The lowest BCUT2D eigenvalue weighted by Gasteiger charge is -2.20. The number of amidine groups is 1. The molecule has 0 aromatic heterocycles. The van der Waals surface area contributed by atoms with E-state index in [2.05, 4.69) is 0 Å². The number of benzene rings is 1. The van der Waals surface area contributed by atoms with Gasteiger partial charge in [0.2, 0.25) is 0 Å². The average molecular weight is 221 g/mol. The zero-order chi connectivity index (χ0) is 11.7. The molecule has 0 atom stereocenters. The molecular weight excluding hydrogens is 205 g/mol. The van der Waals surface area contributed by atoms with E-state index in [0.717, 1.165) is 12.5 Å². The lowest BCUT2D eigenvalue weighted by molar-refractivity contribution is 0.619. The molecule has 0 bridgehead atoms. The molecule has 0 aliphatic heterocycles. The van der Waals surface area contributed by atoms with Crippen LogP contribution in [0.25, 0.3) is 0 Å². The Labute approximate surface area is 94.6 Å². The molecule has 86 valence electrons. The lowest BCUT2D eigenvalue weighted by Crippen LogP contribution is -2.21. The molecule has 0 radical (unpaired) electrons. The fourth-order valence-electron chi connectivity index (χ4n) is 1.77. The van der Waals surface area contributed by atoms with Crippen molar-refractivity contribution in [1.29, 1.82) is 5.41 Å². The van der Waals surface area contributed by atoms with E-state index in [1.807, 2.05) is 11.9 Å². The average Bonchev–Trinajstić information content (AvgIpc) is 3.01. The summed E-state index contributed by atoms with van der Waals surface area (Å²) >= 11 is 0. The molecule has 1 aliphatic carbocycles. The minimum absolute atomic E-state index is 0.102. The number of halogens is 1. The zero-order valence-electron chi connectivity index (χ0n) is 9.33. The summed E-state index contributed by atoms with van der Waals surface area (Å²) in [6.07, 6.45) is 2.50. The summed E-state index contributed by atoms with van der Waals surface area (Å²) in [6, 6.07) is 4.69. The predicted molar refractivity (Wildman–Crippen MR) is 63.4 cm³/mol. The van der Waals surface area contributed by atoms with Gasteiger partial charge in [-0.2, -0.15) is 0 Å². The topological polar surface area (TPSA) is 53.1 Å². The molecular formula is C12H16FN3. The van der Waals surface area contributed by atoms with Gasteiger partial charge in [-0.15, -0.1) is 0 Å². The number of nitrogens with two attached hydrogens (primary N) is 1. The fraction of sp³-hybridized carbons (Fsp3) is 0.417. The van der Waals surface area contributed by atoms with Gasteiger partial charge < -0.3 is 10.6 Å². The van der Waals surface area contributed by atoms with Gasteiger partial charge in [0.15, 0.2) is 0 Å². The van der Waals surface area contributed by atoms with Crippen molar-refractivity contribution < 1.29 is 4.39 Å². The number of nitrogen functional groups attached to an aromatic ring is 1. The van der Waals surface area contributed by atoms with Gasteiger partial charge in [0, 0.05) is 19.2 Å². The van der Waals surface area contributed by atoms with Crippen molar-refractivity contribution in [2.45, 2.75) is 12.8 Å². The number of rotatable bonds is 4. The molecule has 0 unspecified atom stereocenters. The van der Waals surface area contributed by atoms with Crippen molar-refractivity contribution in [3.63, 3.8) is 0 Å². The lowest BCUT2D eigenvalue weighted by atomic mass is 10.1. The van der Waals surface area contributed by atoms with Crippen LogP contribution in [0.3, 0.4) is 0 Å². The van der Waals surface area contributed by atoms with E-state index in [1.54, 1.807) is 12.1 Å². The molecule has 0 spiro atoms. The Kier molecular flexibility index (Phi) is 2.81. The number of nitrogens with zero attached hydrogens (tertiary/aromatic N) is 1. The van der Waals surface area contributed by atoms with Crippen LogP contribution in [0.5, 0.6) is 0 Å². The standard InChI is InChI=1S/C12H16FN3/c1-16(7-8-2-3-8)11-5-4-9(12(14)15)6-10(11)13/h4-6,8H,2-3,7H2,1H3,(H3,14,15). The molecule has 0 heterocycles. The van der Waals surface area contributed by atoms with Crippen molar-refractivity contribution in [2.75, 3.05) is 18.5 Å². The second kappa shape index (κ2) is 4.12. The molecule has 3 nitrogen and oxygen atoms in total.